The Labute approximate surface area is 189 Å². The Bertz CT molecular complexity index is 845. The van der Waals surface area contributed by atoms with Crippen molar-refractivity contribution in [2.24, 2.45) is 5.92 Å². The van der Waals surface area contributed by atoms with Gasteiger partial charge >= 0.3 is 0 Å². The number of allylic oxidation sites excluding steroid dienone is 3. The SMILES string of the molecule is C=C(/C=C(/F)C(=C)OC)CCC1CCC(c2ccc(C3CCC(O)CC3)c(F)c2F)CC1. The number of aliphatic hydroxyl groups excluding tert-OH is 1. The number of aliphatic hydroxyl groups is 1. The van der Waals surface area contributed by atoms with E-state index in [4.69, 9.17) is 4.74 Å². The summed E-state index contributed by atoms with van der Waals surface area (Å²) in [5.41, 5.74) is 1.65. The van der Waals surface area contributed by atoms with Gasteiger partial charge in [-0.05, 0) is 99.2 Å². The van der Waals surface area contributed by atoms with E-state index in [9.17, 15) is 18.3 Å². The Kier molecular flexibility index (Phi) is 8.64. The minimum Gasteiger partial charge on any atom is -0.494 e. The van der Waals surface area contributed by atoms with E-state index in [0.29, 0.717) is 54.7 Å². The van der Waals surface area contributed by atoms with E-state index >= 15 is 0 Å². The van der Waals surface area contributed by atoms with Crippen molar-refractivity contribution >= 4 is 0 Å². The highest BCUT2D eigenvalue weighted by Crippen LogP contribution is 2.41. The summed E-state index contributed by atoms with van der Waals surface area (Å²) in [6, 6.07) is 3.54. The van der Waals surface area contributed by atoms with Gasteiger partial charge in [0.25, 0.3) is 0 Å². The molecular weight excluding hydrogens is 413 g/mol. The Hall–Kier alpha value is -2.01. The van der Waals surface area contributed by atoms with Gasteiger partial charge in [0.2, 0.25) is 0 Å². The summed E-state index contributed by atoms with van der Waals surface area (Å²) in [4.78, 5) is 0. The van der Waals surface area contributed by atoms with Crippen molar-refractivity contribution in [3.8, 4) is 0 Å². The molecule has 0 heterocycles. The van der Waals surface area contributed by atoms with Gasteiger partial charge in [-0.25, -0.2) is 13.2 Å². The van der Waals surface area contributed by atoms with E-state index in [1.807, 2.05) is 0 Å². The maximum Gasteiger partial charge on any atom is 0.164 e. The molecule has 2 saturated carbocycles. The molecular formula is C27H35F3O2. The molecule has 0 spiro atoms. The van der Waals surface area contributed by atoms with Crippen molar-refractivity contribution in [2.45, 2.75) is 82.1 Å². The summed E-state index contributed by atoms with van der Waals surface area (Å²) in [6.45, 7) is 7.40. The lowest BCUT2D eigenvalue weighted by atomic mass is 9.76. The molecule has 2 nitrogen and oxygen atoms in total. The average molecular weight is 449 g/mol. The predicted octanol–water partition coefficient (Wildman–Crippen LogP) is 7.61. The van der Waals surface area contributed by atoms with Gasteiger partial charge in [-0.15, -0.1) is 0 Å². The van der Waals surface area contributed by atoms with Crippen LogP contribution in [0.4, 0.5) is 13.2 Å². The molecule has 32 heavy (non-hydrogen) atoms. The van der Waals surface area contributed by atoms with Crippen LogP contribution in [0, 0.1) is 17.6 Å². The number of rotatable bonds is 8. The zero-order valence-electron chi connectivity index (χ0n) is 19.0. The maximum absolute atomic E-state index is 14.9. The molecule has 0 radical (unpaired) electrons. The van der Waals surface area contributed by atoms with Crippen LogP contribution in [-0.2, 0) is 4.74 Å². The zero-order valence-corrected chi connectivity index (χ0v) is 19.0. The van der Waals surface area contributed by atoms with Crippen molar-refractivity contribution in [1.82, 2.24) is 0 Å². The molecule has 2 aliphatic carbocycles. The molecule has 5 heteroatoms. The Morgan fingerprint density at radius 1 is 0.969 bits per heavy atom. The summed E-state index contributed by atoms with van der Waals surface area (Å²) in [6.07, 6.45) is 8.87. The van der Waals surface area contributed by atoms with Gasteiger partial charge in [-0.2, -0.15) is 0 Å². The number of hydrogen-bond acceptors (Lipinski definition) is 2. The first-order valence-corrected chi connectivity index (χ1v) is 11.7. The molecule has 0 aromatic heterocycles. The standard InChI is InChI=1S/C27H35F3O2/c1-17(16-25(28)18(2)32-3)4-5-19-6-8-20(9-7-19)23-14-15-24(27(30)26(23)29)21-10-12-22(31)13-11-21/h14-16,19-22,31H,1-2,4-13H2,3H3/b25-16+. The summed E-state index contributed by atoms with van der Waals surface area (Å²) in [7, 11) is 1.38. The van der Waals surface area contributed by atoms with Crippen LogP contribution in [0.3, 0.4) is 0 Å². The third-order valence-corrected chi connectivity index (χ3v) is 7.28. The third-order valence-electron chi connectivity index (χ3n) is 7.28. The molecule has 0 unspecified atom stereocenters. The number of ether oxygens (including phenoxy) is 1. The largest absolute Gasteiger partial charge is 0.494 e. The second kappa shape index (κ2) is 11.2. The molecule has 3 rings (SSSR count). The van der Waals surface area contributed by atoms with Gasteiger partial charge in [0.1, 0.15) is 5.76 Å². The van der Waals surface area contributed by atoms with Crippen molar-refractivity contribution in [1.29, 1.82) is 0 Å². The molecule has 0 saturated heterocycles. The van der Waals surface area contributed by atoms with Crippen molar-refractivity contribution in [3.63, 3.8) is 0 Å². The van der Waals surface area contributed by atoms with Gasteiger partial charge in [-0.1, -0.05) is 30.9 Å². The molecule has 2 fully saturated rings. The van der Waals surface area contributed by atoms with Crippen LogP contribution in [0.15, 0.2) is 48.5 Å². The summed E-state index contributed by atoms with van der Waals surface area (Å²) < 4.78 is 48.4. The van der Waals surface area contributed by atoms with Gasteiger partial charge in [-0.3, -0.25) is 0 Å². The highest BCUT2D eigenvalue weighted by Gasteiger charge is 2.29. The maximum atomic E-state index is 14.9. The fourth-order valence-electron chi connectivity index (χ4n) is 5.18. The number of methoxy groups -OCH3 is 1. The predicted molar refractivity (Wildman–Crippen MR) is 122 cm³/mol. The normalized spacial score (nSPS) is 26.6. The van der Waals surface area contributed by atoms with Gasteiger partial charge in [0, 0.05) is 0 Å². The highest BCUT2D eigenvalue weighted by atomic mass is 19.2. The van der Waals surface area contributed by atoms with E-state index in [2.05, 4.69) is 13.2 Å². The molecule has 0 atom stereocenters. The zero-order chi connectivity index (χ0) is 23.3. The minimum atomic E-state index is -0.700. The molecule has 176 valence electrons. The summed E-state index contributed by atoms with van der Waals surface area (Å²) in [5.74, 6) is -1.40. The second-order valence-corrected chi connectivity index (χ2v) is 9.41. The van der Waals surface area contributed by atoms with Gasteiger partial charge in [0.05, 0.1) is 13.2 Å². The monoisotopic (exact) mass is 448 g/mol. The number of hydrogen-bond donors (Lipinski definition) is 1. The Morgan fingerprint density at radius 3 is 1.97 bits per heavy atom. The number of benzene rings is 1. The summed E-state index contributed by atoms with van der Waals surface area (Å²) >= 11 is 0. The topological polar surface area (TPSA) is 29.5 Å². The van der Waals surface area contributed by atoms with E-state index in [1.54, 1.807) is 12.1 Å². The smallest absolute Gasteiger partial charge is 0.164 e. The molecule has 1 aromatic carbocycles. The molecule has 0 amide bonds. The minimum absolute atomic E-state index is 0.00647. The third kappa shape index (κ3) is 6.06. The first kappa shape index (κ1) is 24.6. The van der Waals surface area contributed by atoms with Gasteiger partial charge in [0.15, 0.2) is 17.5 Å². The fraction of sp³-hybridized carbons (Fsp3) is 0.556. The first-order chi connectivity index (χ1) is 15.3. The van der Waals surface area contributed by atoms with E-state index in [0.717, 1.165) is 32.1 Å². The lowest BCUT2D eigenvalue weighted by molar-refractivity contribution is 0.122. The van der Waals surface area contributed by atoms with Crippen molar-refractivity contribution in [2.75, 3.05) is 7.11 Å². The van der Waals surface area contributed by atoms with Crippen LogP contribution in [0.1, 0.15) is 87.2 Å². The van der Waals surface area contributed by atoms with E-state index in [-0.39, 0.29) is 23.7 Å². The van der Waals surface area contributed by atoms with Gasteiger partial charge < -0.3 is 9.84 Å². The average Bonchev–Trinajstić information content (AvgIpc) is 2.80. The quantitative estimate of drug-likeness (QED) is 0.328. The van der Waals surface area contributed by atoms with Crippen molar-refractivity contribution in [3.05, 3.63) is 71.3 Å². The highest BCUT2D eigenvalue weighted by molar-refractivity contribution is 5.32. The van der Waals surface area contributed by atoms with Crippen LogP contribution in [0.2, 0.25) is 0 Å². The molecule has 1 aromatic rings. The van der Waals surface area contributed by atoms with E-state index < -0.39 is 17.5 Å². The lowest BCUT2D eigenvalue weighted by Gasteiger charge is -2.30. The van der Waals surface area contributed by atoms with Crippen LogP contribution in [-0.4, -0.2) is 18.3 Å². The first-order valence-electron chi connectivity index (χ1n) is 11.7. The molecule has 0 bridgehead atoms. The summed E-state index contributed by atoms with van der Waals surface area (Å²) in [5, 5.41) is 9.67. The van der Waals surface area contributed by atoms with Crippen LogP contribution in [0.5, 0.6) is 0 Å². The molecule has 2 aliphatic rings. The van der Waals surface area contributed by atoms with Crippen molar-refractivity contribution < 1.29 is 23.0 Å². The van der Waals surface area contributed by atoms with Crippen LogP contribution >= 0.6 is 0 Å². The molecule has 0 aliphatic heterocycles. The number of halogens is 3. The van der Waals surface area contributed by atoms with Crippen LogP contribution in [0.25, 0.3) is 0 Å². The van der Waals surface area contributed by atoms with E-state index in [1.165, 1.54) is 13.2 Å². The molecule has 1 N–H and O–H groups in total. The lowest BCUT2D eigenvalue weighted by Crippen LogP contribution is -2.19. The second-order valence-electron chi connectivity index (χ2n) is 9.41. The van der Waals surface area contributed by atoms with Crippen LogP contribution < -0.4 is 0 Å². The fourth-order valence-corrected chi connectivity index (χ4v) is 5.18. The Morgan fingerprint density at radius 2 is 1.47 bits per heavy atom. The Balaban J connectivity index is 1.53.